The van der Waals surface area contributed by atoms with Gasteiger partial charge in [-0.05, 0) is 30.5 Å². The fourth-order valence-electron chi connectivity index (χ4n) is 3.12. The van der Waals surface area contributed by atoms with Gasteiger partial charge in [-0.1, -0.05) is 38.1 Å². The molecule has 1 fully saturated rings. The summed E-state index contributed by atoms with van der Waals surface area (Å²) in [5.41, 5.74) is -0.240. The van der Waals surface area contributed by atoms with Crippen LogP contribution < -0.4 is 5.32 Å². The lowest BCUT2D eigenvalue weighted by atomic mass is 9.93. The van der Waals surface area contributed by atoms with Gasteiger partial charge in [0.15, 0.2) is 5.82 Å². The molecule has 2 amide bonds. The van der Waals surface area contributed by atoms with Crippen LogP contribution in [0, 0.1) is 0 Å². The molecule has 0 spiro atoms. The lowest BCUT2D eigenvalue weighted by Crippen LogP contribution is -2.34. The van der Waals surface area contributed by atoms with Crippen LogP contribution in [0.4, 0.5) is 23.8 Å². The van der Waals surface area contributed by atoms with Crippen LogP contribution in [-0.4, -0.2) is 22.6 Å². The molecule has 1 aromatic heterocycles. The van der Waals surface area contributed by atoms with Crippen molar-refractivity contribution in [3.8, 4) is 0 Å². The van der Waals surface area contributed by atoms with Crippen molar-refractivity contribution < 1.29 is 22.5 Å². The van der Waals surface area contributed by atoms with Gasteiger partial charge in [-0.15, -0.1) is 0 Å². The van der Waals surface area contributed by atoms with Gasteiger partial charge in [0.2, 0.25) is 0 Å². The number of urea groups is 1. The normalized spacial score (nSPS) is 18.0. The van der Waals surface area contributed by atoms with Crippen LogP contribution in [0.1, 0.15) is 56.5 Å². The van der Waals surface area contributed by atoms with Gasteiger partial charge < -0.3 is 9.42 Å². The largest absolute Gasteiger partial charge is 0.416 e. The summed E-state index contributed by atoms with van der Waals surface area (Å²) in [4.78, 5) is 14.3. The van der Waals surface area contributed by atoms with Crippen LogP contribution in [0.15, 0.2) is 34.9 Å². The quantitative estimate of drug-likeness (QED) is 0.762. The molecule has 2 heterocycles. The number of nitrogens with one attached hydrogen (secondary N) is 1. The molecule has 0 saturated carbocycles. The minimum Gasteiger partial charge on any atom is -0.359 e. The Kier molecular flexibility index (Phi) is 4.92. The molecular weight excluding hydrogens is 359 g/mol. The summed E-state index contributed by atoms with van der Waals surface area (Å²) < 4.78 is 43.5. The van der Waals surface area contributed by atoms with Crippen LogP contribution in [-0.2, 0) is 11.6 Å². The van der Waals surface area contributed by atoms with Crippen molar-refractivity contribution in [2.45, 2.75) is 51.2 Å². The number of likely N-dealkylation sites (tertiary alicyclic amines) is 1. The van der Waals surface area contributed by atoms with Crippen molar-refractivity contribution in [3.05, 3.63) is 47.2 Å². The van der Waals surface area contributed by atoms with E-state index in [4.69, 9.17) is 4.52 Å². The third-order valence-electron chi connectivity index (χ3n) is 4.62. The third-order valence-corrected chi connectivity index (χ3v) is 4.62. The van der Waals surface area contributed by atoms with Gasteiger partial charge in [0.1, 0.15) is 5.76 Å². The molecule has 2 aromatic rings. The molecule has 0 aliphatic carbocycles. The van der Waals surface area contributed by atoms with Crippen molar-refractivity contribution in [2.24, 2.45) is 0 Å². The highest BCUT2D eigenvalue weighted by Crippen LogP contribution is 2.35. The number of benzene rings is 1. The van der Waals surface area contributed by atoms with E-state index in [9.17, 15) is 18.0 Å². The first-order valence-electron chi connectivity index (χ1n) is 8.78. The lowest BCUT2D eigenvalue weighted by Gasteiger charge is -2.25. The Labute approximate surface area is 155 Å². The van der Waals surface area contributed by atoms with E-state index < -0.39 is 11.7 Å². The van der Waals surface area contributed by atoms with Gasteiger partial charge >= 0.3 is 12.2 Å². The maximum absolute atomic E-state index is 12.7. The number of halogens is 3. The van der Waals surface area contributed by atoms with E-state index in [0.717, 1.165) is 18.6 Å². The molecule has 5 nitrogen and oxygen atoms in total. The number of rotatable bonds is 2. The van der Waals surface area contributed by atoms with Gasteiger partial charge in [-0.2, -0.15) is 13.2 Å². The molecule has 0 bridgehead atoms. The Morgan fingerprint density at radius 1 is 1.22 bits per heavy atom. The first-order valence-corrected chi connectivity index (χ1v) is 8.78. The summed E-state index contributed by atoms with van der Waals surface area (Å²) in [6.45, 7) is 6.45. The third kappa shape index (κ3) is 4.26. The highest BCUT2D eigenvalue weighted by atomic mass is 19.4. The Hall–Kier alpha value is -2.51. The smallest absolute Gasteiger partial charge is 0.359 e. The number of hydrogen-bond acceptors (Lipinski definition) is 3. The Morgan fingerprint density at radius 2 is 1.89 bits per heavy atom. The number of carbonyl (C=O) groups excluding carboxylic acids is 1. The molecule has 1 saturated heterocycles. The van der Waals surface area contributed by atoms with E-state index >= 15 is 0 Å². The number of amides is 2. The van der Waals surface area contributed by atoms with Gasteiger partial charge in [-0.25, -0.2) is 4.79 Å². The zero-order valence-corrected chi connectivity index (χ0v) is 15.4. The second kappa shape index (κ2) is 6.90. The number of alkyl halides is 3. The van der Waals surface area contributed by atoms with E-state index in [0.29, 0.717) is 30.1 Å². The van der Waals surface area contributed by atoms with Crippen LogP contribution in [0.3, 0.4) is 0 Å². The minimum atomic E-state index is -4.37. The first kappa shape index (κ1) is 19.3. The van der Waals surface area contributed by atoms with Crippen molar-refractivity contribution >= 4 is 11.8 Å². The van der Waals surface area contributed by atoms with E-state index in [-0.39, 0.29) is 17.5 Å². The average molecular weight is 381 g/mol. The highest BCUT2D eigenvalue weighted by molar-refractivity contribution is 5.88. The fourth-order valence-corrected chi connectivity index (χ4v) is 3.12. The standard InChI is InChI=1S/C19H22F3N3O2/c1-18(2,3)15-11-16(24-27-15)23-17(26)25-10-4-5-14(25)12-6-8-13(9-7-12)19(20,21)22/h6-9,11,14H,4-5,10H2,1-3H3,(H,23,24,26). The molecule has 1 aromatic carbocycles. The van der Waals surface area contributed by atoms with Crippen molar-refractivity contribution in [1.82, 2.24) is 10.1 Å². The number of carbonyl (C=O) groups is 1. The molecule has 1 aliphatic rings. The Bertz CT molecular complexity index is 807. The molecule has 1 aliphatic heterocycles. The highest BCUT2D eigenvalue weighted by Gasteiger charge is 2.33. The van der Waals surface area contributed by atoms with Gasteiger partial charge in [0.25, 0.3) is 0 Å². The summed E-state index contributed by atoms with van der Waals surface area (Å²) in [5, 5.41) is 6.59. The summed E-state index contributed by atoms with van der Waals surface area (Å²) in [5.74, 6) is 0.974. The first-order chi connectivity index (χ1) is 12.6. The molecule has 27 heavy (non-hydrogen) atoms. The van der Waals surface area contributed by atoms with E-state index in [1.165, 1.54) is 12.1 Å². The number of aromatic nitrogens is 1. The summed E-state index contributed by atoms with van der Waals surface area (Å²) in [7, 11) is 0. The Balaban J connectivity index is 1.72. The van der Waals surface area contributed by atoms with Crippen LogP contribution in [0.5, 0.6) is 0 Å². The molecule has 8 heteroatoms. The van der Waals surface area contributed by atoms with Crippen molar-refractivity contribution in [2.75, 3.05) is 11.9 Å². The SMILES string of the molecule is CC(C)(C)c1cc(NC(=O)N2CCCC2c2ccc(C(F)(F)F)cc2)no1. The van der Waals surface area contributed by atoms with Gasteiger partial charge in [0.05, 0.1) is 11.6 Å². The van der Waals surface area contributed by atoms with Crippen molar-refractivity contribution in [1.29, 1.82) is 0 Å². The average Bonchev–Trinajstić information content (AvgIpc) is 3.22. The maximum atomic E-state index is 12.7. The van der Waals surface area contributed by atoms with Crippen LogP contribution >= 0.6 is 0 Å². The summed E-state index contributed by atoms with van der Waals surface area (Å²) in [6, 6.07) is 6.06. The molecule has 0 radical (unpaired) electrons. The molecule has 3 rings (SSSR count). The Morgan fingerprint density at radius 3 is 2.44 bits per heavy atom. The van der Waals surface area contributed by atoms with Gasteiger partial charge in [0, 0.05) is 18.0 Å². The second-order valence-electron chi connectivity index (χ2n) is 7.73. The minimum absolute atomic E-state index is 0.230. The van der Waals surface area contributed by atoms with Crippen molar-refractivity contribution in [3.63, 3.8) is 0 Å². The van der Waals surface area contributed by atoms with E-state index in [1.807, 2.05) is 20.8 Å². The monoisotopic (exact) mass is 381 g/mol. The van der Waals surface area contributed by atoms with E-state index in [2.05, 4.69) is 10.5 Å². The molecule has 1 N–H and O–H groups in total. The van der Waals surface area contributed by atoms with Crippen LogP contribution in [0.25, 0.3) is 0 Å². The zero-order chi connectivity index (χ0) is 19.8. The predicted octanol–water partition coefficient (Wildman–Crippen LogP) is 5.36. The molecule has 1 atom stereocenters. The zero-order valence-electron chi connectivity index (χ0n) is 15.4. The molecule has 1 unspecified atom stereocenters. The number of hydrogen-bond donors (Lipinski definition) is 1. The molecular formula is C19H22F3N3O2. The van der Waals surface area contributed by atoms with Crippen LogP contribution in [0.2, 0.25) is 0 Å². The second-order valence-corrected chi connectivity index (χ2v) is 7.73. The topological polar surface area (TPSA) is 58.4 Å². The molecule has 146 valence electrons. The van der Waals surface area contributed by atoms with Gasteiger partial charge in [-0.3, -0.25) is 5.32 Å². The summed E-state index contributed by atoms with van der Waals surface area (Å²) >= 11 is 0. The lowest BCUT2D eigenvalue weighted by molar-refractivity contribution is -0.137. The maximum Gasteiger partial charge on any atom is 0.416 e. The fraction of sp³-hybridized carbons (Fsp3) is 0.474. The van der Waals surface area contributed by atoms with E-state index in [1.54, 1.807) is 11.0 Å². The number of anilines is 1. The number of nitrogens with zero attached hydrogens (tertiary/aromatic N) is 2. The predicted molar refractivity (Wildman–Crippen MR) is 94.3 cm³/mol. The summed E-state index contributed by atoms with van der Waals surface area (Å²) in [6.07, 6.45) is -2.89.